The van der Waals surface area contributed by atoms with Gasteiger partial charge >= 0.3 is 6.03 Å². The highest BCUT2D eigenvalue weighted by Crippen LogP contribution is 2.35. The van der Waals surface area contributed by atoms with E-state index in [1.165, 1.54) is 19.4 Å². The summed E-state index contributed by atoms with van der Waals surface area (Å²) in [7, 11) is 3.61. The number of unbranched alkanes of at least 4 members (excludes halogenated alkanes) is 1. The summed E-state index contributed by atoms with van der Waals surface area (Å²) in [5, 5.41) is 5.86. The molecular weight excluding hydrogens is 566 g/mol. The van der Waals surface area contributed by atoms with Gasteiger partial charge in [-0.25, -0.2) is 9.78 Å². The van der Waals surface area contributed by atoms with Crippen LogP contribution >= 0.6 is 0 Å². The first-order chi connectivity index (χ1) is 21.9. The van der Waals surface area contributed by atoms with Gasteiger partial charge in [0, 0.05) is 49.6 Å². The lowest BCUT2D eigenvalue weighted by molar-refractivity contribution is 0.0998. The number of fused-ring (bicyclic) bond motifs is 1. The second kappa shape index (κ2) is 15.2. The Morgan fingerprint density at radius 2 is 1.69 bits per heavy atom. The first kappa shape index (κ1) is 32.2. The SMILES string of the molecule is CCCCN1CCC(Oc2ccc(-c3nc4cc(Oc5ccc(NC(=O)NC(CC)CC)cc5OC)ccc4n3C)cc2)CC1. The maximum absolute atomic E-state index is 12.4. The second-order valence-corrected chi connectivity index (χ2v) is 11.8. The van der Waals surface area contributed by atoms with Crippen molar-refractivity contribution in [3.8, 4) is 34.4 Å². The van der Waals surface area contributed by atoms with Crippen molar-refractivity contribution in [1.29, 1.82) is 0 Å². The molecule has 1 fully saturated rings. The topological polar surface area (TPSA) is 89.9 Å². The van der Waals surface area contributed by atoms with E-state index in [4.69, 9.17) is 19.2 Å². The molecule has 9 heteroatoms. The van der Waals surface area contributed by atoms with Crippen LogP contribution in [0.5, 0.6) is 23.0 Å². The molecule has 0 saturated carbocycles. The third kappa shape index (κ3) is 8.08. The zero-order chi connectivity index (χ0) is 31.8. The molecule has 0 unspecified atom stereocenters. The molecule has 0 radical (unpaired) electrons. The summed E-state index contributed by atoms with van der Waals surface area (Å²) in [6.07, 6.45) is 6.68. The monoisotopic (exact) mass is 613 g/mol. The van der Waals surface area contributed by atoms with Gasteiger partial charge in [-0.15, -0.1) is 0 Å². The highest BCUT2D eigenvalue weighted by Gasteiger charge is 2.20. The summed E-state index contributed by atoms with van der Waals surface area (Å²) >= 11 is 0. The number of ether oxygens (including phenoxy) is 3. The molecule has 3 aromatic carbocycles. The number of urea groups is 1. The van der Waals surface area contributed by atoms with Crippen molar-refractivity contribution >= 4 is 22.8 Å². The Kier molecular flexibility index (Phi) is 10.8. The maximum Gasteiger partial charge on any atom is 0.319 e. The summed E-state index contributed by atoms with van der Waals surface area (Å²) in [4.78, 5) is 19.9. The third-order valence-electron chi connectivity index (χ3n) is 8.60. The number of benzene rings is 3. The number of nitrogens with one attached hydrogen (secondary N) is 2. The molecule has 0 spiro atoms. The normalized spacial score (nSPS) is 14.1. The van der Waals surface area contributed by atoms with Crippen molar-refractivity contribution in [3.05, 3.63) is 60.7 Å². The fourth-order valence-electron chi connectivity index (χ4n) is 5.81. The molecule has 1 aliphatic rings. The number of piperidine rings is 1. The number of aryl methyl sites for hydroxylation is 1. The first-order valence-electron chi connectivity index (χ1n) is 16.3. The summed E-state index contributed by atoms with van der Waals surface area (Å²) in [6.45, 7) is 9.78. The number of hydrogen-bond donors (Lipinski definition) is 2. The number of carbonyl (C=O) groups is 1. The van der Waals surface area contributed by atoms with E-state index in [1.807, 2.05) is 37.4 Å². The minimum atomic E-state index is -0.239. The molecule has 0 bridgehead atoms. The molecule has 9 nitrogen and oxygen atoms in total. The van der Waals surface area contributed by atoms with E-state index in [2.05, 4.69) is 53.0 Å². The van der Waals surface area contributed by atoms with Crippen LogP contribution < -0.4 is 24.8 Å². The maximum atomic E-state index is 12.4. The van der Waals surface area contributed by atoms with Crippen molar-refractivity contribution in [3.63, 3.8) is 0 Å². The van der Waals surface area contributed by atoms with Gasteiger partial charge in [-0.1, -0.05) is 27.2 Å². The lowest BCUT2D eigenvalue weighted by Gasteiger charge is -2.32. The van der Waals surface area contributed by atoms with Crippen LogP contribution in [0.2, 0.25) is 0 Å². The summed E-state index contributed by atoms with van der Waals surface area (Å²) in [6, 6.07) is 19.4. The number of methoxy groups -OCH3 is 1. The van der Waals surface area contributed by atoms with E-state index in [0.29, 0.717) is 22.9 Å². The summed E-state index contributed by atoms with van der Waals surface area (Å²) < 4.78 is 20.2. The van der Waals surface area contributed by atoms with Gasteiger partial charge in [0.1, 0.15) is 23.4 Å². The molecule has 2 heterocycles. The lowest BCUT2D eigenvalue weighted by Crippen LogP contribution is -2.38. The molecule has 2 N–H and O–H groups in total. The Labute approximate surface area is 266 Å². The number of anilines is 1. The van der Waals surface area contributed by atoms with Crippen molar-refractivity contribution in [2.24, 2.45) is 7.05 Å². The second-order valence-electron chi connectivity index (χ2n) is 11.8. The van der Waals surface area contributed by atoms with Crippen LogP contribution in [0.1, 0.15) is 59.3 Å². The number of aromatic nitrogens is 2. The predicted octanol–water partition coefficient (Wildman–Crippen LogP) is 7.99. The smallest absolute Gasteiger partial charge is 0.319 e. The van der Waals surface area contributed by atoms with Gasteiger partial charge in [-0.3, -0.25) is 0 Å². The van der Waals surface area contributed by atoms with Crippen LogP contribution in [0.3, 0.4) is 0 Å². The molecule has 1 saturated heterocycles. The average Bonchev–Trinajstić information content (AvgIpc) is 3.39. The molecule has 5 rings (SSSR count). The Balaban J connectivity index is 1.24. The van der Waals surface area contributed by atoms with E-state index in [-0.39, 0.29) is 18.2 Å². The zero-order valence-electron chi connectivity index (χ0n) is 27.3. The fraction of sp³-hybridized carbons (Fsp3) is 0.444. The molecule has 4 aromatic rings. The molecule has 1 aromatic heterocycles. The minimum Gasteiger partial charge on any atom is -0.493 e. The molecule has 2 amide bonds. The van der Waals surface area contributed by atoms with Crippen molar-refractivity contribution < 1.29 is 19.0 Å². The van der Waals surface area contributed by atoms with Crippen LogP contribution in [0.4, 0.5) is 10.5 Å². The highest BCUT2D eigenvalue weighted by atomic mass is 16.5. The number of carbonyl (C=O) groups excluding carboxylic acids is 1. The van der Waals surface area contributed by atoms with E-state index in [9.17, 15) is 4.79 Å². The number of likely N-dealkylation sites (tertiary alicyclic amines) is 1. The lowest BCUT2D eigenvalue weighted by atomic mass is 10.1. The number of amides is 2. The molecule has 0 aliphatic carbocycles. The van der Waals surface area contributed by atoms with Gasteiger partial charge in [-0.05, 0) is 87.2 Å². The first-order valence-corrected chi connectivity index (χ1v) is 16.3. The Morgan fingerprint density at radius 1 is 0.956 bits per heavy atom. The standard InChI is InChI=1S/C36H47N5O4/c1-6-9-20-41-21-18-29(19-22-41)44-28-13-10-25(11-14-28)35-39-31-24-30(15-16-32(31)40(35)4)45-33-17-12-27(23-34(33)43-5)38-36(42)37-26(7-2)8-3/h10-17,23-24,26,29H,6-9,18-22H2,1-5H3,(H2,37,38,42). The van der Waals surface area contributed by atoms with Gasteiger partial charge in [0.15, 0.2) is 11.5 Å². The Bertz CT molecular complexity index is 1560. The Morgan fingerprint density at radius 3 is 2.38 bits per heavy atom. The Hall–Kier alpha value is -4.24. The predicted molar refractivity (Wildman–Crippen MR) is 181 cm³/mol. The molecule has 1 aliphatic heterocycles. The van der Waals surface area contributed by atoms with Crippen LogP contribution in [0.25, 0.3) is 22.4 Å². The van der Waals surface area contributed by atoms with Gasteiger partial charge < -0.3 is 34.3 Å². The van der Waals surface area contributed by atoms with Gasteiger partial charge in [0.05, 0.1) is 18.1 Å². The number of nitrogens with zero attached hydrogens (tertiary/aromatic N) is 3. The van der Waals surface area contributed by atoms with Crippen LogP contribution in [0.15, 0.2) is 60.7 Å². The van der Waals surface area contributed by atoms with Gasteiger partial charge in [0.2, 0.25) is 0 Å². The molecule has 0 atom stereocenters. The van der Waals surface area contributed by atoms with Crippen LogP contribution in [0, 0.1) is 0 Å². The van der Waals surface area contributed by atoms with E-state index >= 15 is 0 Å². The quantitative estimate of drug-likeness (QED) is 0.159. The number of imidazole rings is 1. The highest BCUT2D eigenvalue weighted by molar-refractivity contribution is 5.90. The number of hydrogen-bond acceptors (Lipinski definition) is 6. The summed E-state index contributed by atoms with van der Waals surface area (Å²) in [5.74, 6) is 3.48. The van der Waals surface area contributed by atoms with Crippen LogP contribution in [-0.2, 0) is 7.05 Å². The zero-order valence-corrected chi connectivity index (χ0v) is 27.3. The van der Waals surface area contributed by atoms with Gasteiger partial charge in [-0.2, -0.15) is 0 Å². The van der Waals surface area contributed by atoms with Crippen molar-refractivity contribution in [2.45, 2.75) is 71.4 Å². The van der Waals surface area contributed by atoms with E-state index in [1.54, 1.807) is 25.3 Å². The molecule has 45 heavy (non-hydrogen) atoms. The van der Waals surface area contributed by atoms with Crippen molar-refractivity contribution in [2.75, 3.05) is 32.1 Å². The van der Waals surface area contributed by atoms with E-state index in [0.717, 1.165) is 66.9 Å². The largest absolute Gasteiger partial charge is 0.493 e. The third-order valence-corrected chi connectivity index (χ3v) is 8.60. The fourth-order valence-corrected chi connectivity index (χ4v) is 5.81. The van der Waals surface area contributed by atoms with Crippen molar-refractivity contribution in [1.82, 2.24) is 19.8 Å². The number of rotatable bonds is 13. The van der Waals surface area contributed by atoms with Crippen LogP contribution in [-0.4, -0.2) is 59.4 Å². The van der Waals surface area contributed by atoms with E-state index < -0.39 is 0 Å². The molecule has 240 valence electrons. The minimum absolute atomic E-state index is 0.137. The molecular formula is C36H47N5O4. The summed E-state index contributed by atoms with van der Waals surface area (Å²) in [5.41, 5.74) is 3.48. The average molecular weight is 614 g/mol. The van der Waals surface area contributed by atoms with Gasteiger partial charge in [0.25, 0.3) is 0 Å².